The maximum Gasteiger partial charge on any atom is 0.193 e. The van der Waals surface area contributed by atoms with Crippen molar-refractivity contribution in [1.29, 1.82) is 0 Å². The molecule has 3 N–H and O–H groups in total. The summed E-state index contributed by atoms with van der Waals surface area (Å²) in [6, 6.07) is 12.3. The molecule has 2 heterocycles. The van der Waals surface area contributed by atoms with E-state index in [4.69, 9.17) is 11.6 Å². The van der Waals surface area contributed by atoms with Crippen molar-refractivity contribution in [2.75, 3.05) is 4.90 Å². The summed E-state index contributed by atoms with van der Waals surface area (Å²) in [4.78, 5) is 2.50. The molecule has 2 aromatic heterocycles. The number of halogens is 1. The summed E-state index contributed by atoms with van der Waals surface area (Å²) in [5.74, 6) is 0.420. The lowest BCUT2D eigenvalue weighted by atomic mass is 10.1. The zero-order valence-corrected chi connectivity index (χ0v) is 14.1. The minimum Gasteiger partial charge on any atom is -0.411 e. The first-order chi connectivity index (χ1) is 12.6. The molecule has 0 radical (unpaired) electrons. The van der Waals surface area contributed by atoms with E-state index < -0.39 is 6.23 Å². The van der Waals surface area contributed by atoms with Crippen molar-refractivity contribution < 1.29 is 10.3 Å². The molecule has 2 aromatic carbocycles. The third-order valence-electron chi connectivity index (χ3n) is 4.01. The van der Waals surface area contributed by atoms with Gasteiger partial charge >= 0.3 is 0 Å². The molecule has 0 aliphatic rings. The summed E-state index contributed by atoms with van der Waals surface area (Å²) in [6.45, 7) is 0.211. The predicted octanol–water partition coefficient (Wildman–Crippen LogP) is 2.14. The lowest BCUT2D eigenvalue weighted by molar-refractivity contribution is 0.161. The van der Waals surface area contributed by atoms with Gasteiger partial charge in [0, 0.05) is 21.7 Å². The number of aromatic nitrogens is 6. The van der Waals surface area contributed by atoms with Crippen molar-refractivity contribution in [3.8, 4) is 0 Å². The Morgan fingerprint density at radius 1 is 1.23 bits per heavy atom. The molecule has 0 bridgehead atoms. The van der Waals surface area contributed by atoms with Gasteiger partial charge in [-0.25, -0.2) is 0 Å². The van der Waals surface area contributed by atoms with Crippen LogP contribution in [0.1, 0.15) is 17.6 Å². The number of hydrogen-bond acceptors (Lipinski definition) is 7. The normalized spacial score (nSPS) is 12.4. The Hall–Kier alpha value is -3.17. The molecule has 0 saturated heterocycles. The predicted molar refractivity (Wildman–Crippen MR) is 93.7 cm³/mol. The fourth-order valence-corrected chi connectivity index (χ4v) is 2.95. The van der Waals surface area contributed by atoms with Gasteiger partial charge in [0.05, 0.1) is 12.7 Å². The van der Waals surface area contributed by atoms with Crippen molar-refractivity contribution in [3.05, 3.63) is 65.1 Å². The van der Waals surface area contributed by atoms with Gasteiger partial charge < -0.3 is 15.2 Å². The zero-order valence-electron chi connectivity index (χ0n) is 13.4. The van der Waals surface area contributed by atoms with E-state index in [0.717, 1.165) is 10.2 Å². The van der Waals surface area contributed by atoms with E-state index in [1.165, 1.54) is 6.20 Å². The highest BCUT2D eigenvalue weighted by molar-refractivity contribution is 6.30. The number of benzene rings is 2. The van der Waals surface area contributed by atoms with Gasteiger partial charge in [0.1, 0.15) is 5.52 Å². The second kappa shape index (κ2) is 6.62. The summed E-state index contributed by atoms with van der Waals surface area (Å²) < 4.78 is 0. The SMILES string of the molecule is OC(c1cccc(Cl)c1)N(Cc1nn[nH]n1)c1ccc2c(cnn2O)c1. The van der Waals surface area contributed by atoms with Gasteiger partial charge in [-0.2, -0.15) is 5.21 Å². The van der Waals surface area contributed by atoms with Gasteiger partial charge in [-0.1, -0.05) is 28.9 Å². The second-order valence-corrected chi connectivity index (χ2v) is 6.10. The van der Waals surface area contributed by atoms with Crippen LogP contribution in [0.5, 0.6) is 0 Å². The Bertz CT molecular complexity index is 1030. The summed E-state index contributed by atoms with van der Waals surface area (Å²) in [6.07, 6.45) is 0.547. The highest BCUT2D eigenvalue weighted by Gasteiger charge is 2.21. The van der Waals surface area contributed by atoms with Gasteiger partial charge in [-0.15, -0.1) is 20.1 Å². The molecule has 4 rings (SSSR count). The highest BCUT2D eigenvalue weighted by Crippen LogP contribution is 2.30. The molecule has 9 nitrogen and oxygen atoms in total. The van der Waals surface area contributed by atoms with Gasteiger partial charge in [0.2, 0.25) is 0 Å². The minimum atomic E-state index is -0.992. The van der Waals surface area contributed by atoms with Crippen molar-refractivity contribution >= 4 is 28.2 Å². The first kappa shape index (κ1) is 16.3. The van der Waals surface area contributed by atoms with Crippen LogP contribution in [-0.2, 0) is 6.54 Å². The molecule has 0 aliphatic carbocycles. The van der Waals surface area contributed by atoms with Gasteiger partial charge in [0.25, 0.3) is 0 Å². The molecular weight excluding hydrogens is 358 g/mol. The van der Waals surface area contributed by atoms with E-state index in [0.29, 0.717) is 27.6 Å². The third kappa shape index (κ3) is 3.05. The number of tetrazole rings is 1. The monoisotopic (exact) mass is 371 g/mol. The molecule has 0 aliphatic heterocycles. The Morgan fingerprint density at radius 2 is 2.12 bits per heavy atom. The molecule has 1 unspecified atom stereocenters. The molecule has 0 saturated carbocycles. The average molecular weight is 372 g/mol. The van der Waals surface area contributed by atoms with Crippen LogP contribution < -0.4 is 4.90 Å². The molecule has 0 amide bonds. The topological polar surface area (TPSA) is 116 Å². The number of rotatable bonds is 5. The molecular formula is C16H14ClN7O2. The smallest absolute Gasteiger partial charge is 0.193 e. The van der Waals surface area contributed by atoms with E-state index in [2.05, 4.69) is 25.7 Å². The Morgan fingerprint density at radius 3 is 2.88 bits per heavy atom. The van der Waals surface area contributed by atoms with E-state index in [1.54, 1.807) is 41.3 Å². The number of fused-ring (bicyclic) bond motifs is 1. The fraction of sp³-hybridized carbons (Fsp3) is 0.125. The van der Waals surface area contributed by atoms with Crippen LogP contribution in [-0.4, -0.2) is 40.9 Å². The fourth-order valence-electron chi connectivity index (χ4n) is 2.75. The van der Waals surface area contributed by atoms with Crippen molar-refractivity contribution in [3.63, 3.8) is 0 Å². The molecule has 0 fully saturated rings. The molecule has 132 valence electrons. The van der Waals surface area contributed by atoms with Crippen LogP contribution in [0.3, 0.4) is 0 Å². The molecule has 1 atom stereocenters. The number of anilines is 1. The highest BCUT2D eigenvalue weighted by atomic mass is 35.5. The maximum atomic E-state index is 10.9. The molecule has 26 heavy (non-hydrogen) atoms. The quantitative estimate of drug-likeness (QED) is 0.363. The second-order valence-electron chi connectivity index (χ2n) is 5.66. The number of aliphatic hydroxyl groups excluding tert-OH is 1. The number of aromatic amines is 1. The summed E-state index contributed by atoms with van der Waals surface area (Å²) >= 11 is 6.06. The number of nitrogens with zero attached hydrogens (tertiary/aromatic N) is 6. The molecule has 4 aromatic rings. The standard InChI is InChI=1S/C16H14ClN7O2/c17-12-3-1-2-10(6-12)16(25)23(9-15-19-21-22-20-15)13-4-5-14-11(7-13)8-18-24(14)26/h1-8,16,25-26H,9H2,(H,19,20,21,22). The van der Waals surface area contributed by atoms with Crippen molar-refractivity contribution in [2.45, 2.75) is 12.8 Å². The maximum absolute atomic E-state index is 10.9. The van der Waals surface area contributed by atoms with Crippen LogP contribution in [0.2, 0.25) is 5.02 Å². The number of hydrogen-bond donors (Lipinski definition) is 3. The Labute approximate surface area is 152 Å². The number of aliphatic hydroxyl groups is 1. The zero-order chi connectivity index (χ0) is 18.1. The van der Waals surface area contributed by atoms with Crippen LogP contribution >= 0.6 is 11.6 Å². The van der Waals surface area contributed by atoms with Gasteiger partial charge in [0.15, 0.2) is 12.1 Å². The first-order valence-electron chi connectivity index (χ1n) is 7.71. The minimum absolute atomic E-state index is 0.211. The van der Waals surface area contributed by atoms with Crippen molar-refractivity contribution in [1.82, 2.24) is 30.6 Å². The third-order valence-corrected chi connectivity index (χ3v) is 4.24. The number of nitrogens with one attached hydrogen (secondary N) is 1. The summed E-state index contributed by atoms with van der Waals surface area (Å²) in [5, 5.41) is 39.6. The van der Waals surface area contributed by atoms with Gasteiger partial charge in [-0.3, -0.25) is 0 Å². The average Bonchev–Trinajstić information content (AvgIpc) is 3.29. The van der Waals surface area contributed by atoms with E-state index >= 15 is 0 Å². The van der Waals surface area contributed by atoms with Gasteiger partial charge in [-0.05, 0) is 30.3 Å². The van der Waals surface area contributed by atoms with E-state index in [1.807, 2.05) is 6.07 Å². The van der Waals surface area contributed by atoms with Crippen molar-refractivity contribution in [2.24, 2.45) is 0 Å². The van der Waals surface area contributed by atoms with Crippen LogP contribution in [0.4, 0.5) is 5.69 Å². The van der Waals surface area contributed by atoms with E-state index in [-0.39, 0.29) is 6.54 Å². The molecule has 0 spiro atoms. The summed E-state index contributed by atoms with van der Waals surface area (Å²) in [7, 11) is 0. The van der Waals surface area contributed by atoms with E-state index in [9.17, 15) is 10.3 Å². The summed E-state index contributed by atoms with van der Waals surface area (Å²) in [5.41, 5.74) is 1.88. The van der Waals surface area contributed by atoms with Crippen LogP contribution in [0.15, 0.2) is 48.7 Å². The largest absolute Gasteiger partial charge is 0.411 e. The van der Waals surface area contributed by atoms with Crippen LogP contribution in [0, 0.1) is 0 Å². The molecule has 10 heteroatoms. The number of H-pyrrole nitrogens is 1. The Kier molecular flexibility index (Phi) is 4.15. The first-order valence-corrected chi connectivity index (χ1v) is 8.09. The Balaban J connectivity index is 1.75. The lowest BCUT2D eigenvalue weighted by Gasteiger charge is -2.29. The lowest BCUT2D eigenvalue weighted by Crippen LogP contribution is -2.28. The van der Waals surface area contributed by atoms with Crippen LogP contribution in [0.25, 0.3) is 10.9 Å².